The minimum atomic E-state index is 0.0212. The number of hydrogen-bond acceptors (Lipinski definition) is 4. The minimum Gasteiger partial charge on any atom is -0.351 e. The number of aromatic amines is 1. The second-order valence-electron chi connectivity index (χ2n) is 3.75. The molecule has 0 unspecified atom stereocenters. The summed E-state index contributed by atoms with van der Waals surface area (Å²) in [6.07, 6.45) is 0.385. The quantitative estimate of drug-likeness (QED) is 0.812. The van der Waals surface area contributed by atoms with E-state index in [9.17, 15) is 4.79 Å². The van der Waals surface area contributed by atoms with E-state index in [1.165, 1.54) is 11.3 Å². The van der Waals surface area contributed by atoms with Gasteiger partial charge in [0.2, 0.25) is 5.91 Å². The standard InChI is InChI=1S/C11H11BrN2OS3/c1-6-9(18-11(16)14-6)3-10(15)13-4-8-2-7(12)5-17-8/h2,5H,3-4H2,1H3,(H,13,15)(H,14,16). The molecule has 0 aromatic carbocycles. The van der Waals surface area contributed by atoms with E-state index >= 15 is 0 Å². The first-order valence-corrected chi connectivity index (χ1v) is 8.12. The van der Waals surface area contributed by atoms with Crippen molar-refractivity contribution in [3.05, 3.63) is 35.3 Å². The van der Waals surface area contributed by atoms with Crippen molar-refractivity contribution in [2.24, 2.45) is 0 Å². The average molecular weight is 363 g/mol. The molecule has 0 aliphatic rings. The van der Waals surface area contributed by atoms with Gasteiger partial charge in [-0.3, -0.25) is 4.79 Å². The number of halogens is 1. The lowest BCUT2D eigenvalue weighted by atomic mass is 10.3. The largest absolute Gasteiger partial charge is 0.351 e. The van der Waals surface area contributed by atoms with Crippen LogP contribution >= 0.6 is 50.8 Å². The second-order valence-corrected chi connectivity index (χ2v) is 7.43. The smallest absolute Gasteiger partial charge is 0.225 e. The van der Waals surface area contributed by atoms with Gasteiger partial charge in [0.15, 0.2) is 3.95 Å². The van der Waals surface area contributed by atoms with E-state index in [-0.39, 0.29) is 5.91 Å². The van der Waals surface area contributed by atoms with E-state index in [0.717, 1.165) is 23.9 Å². The number of thiazole rings is 1. The maximum Gasteiger partial charge on any atom is 0.225 e. The van der Waals surface area contributed by atoms with Crippen molar-refractivity contribution in [1.82, 2.24) is 10.3 Å². The number of aryl methyl sites for hydroxylation is 1. The highest BCUT2D eigenvalue weighted by Gasteiger charge is 2.08. The van der Waals surface area contributed by atoms with Crippen LogP contribution in [0.3, 0.4) is 0 Å². The summed E-state index contributed by atoms with van der Waals surface area (Å²) in [5, 5.41) is 4.91. The summed E-state index contributed by atoms with van der Waals surface area (Å²) < 4.78 is 1.77. The lowest BCUT2D eigenvalue weighted by molar-refractivity contribution is -0.120. The molecule has 2 heterocycles. The normalized spacial score (nSPS) is 10.6. The van der Waals surface area contributed by atoms with Gasteiger partial charge in [0.1, 0.15) is 0 Å². The third-order valence-electron chi connectivity index (χ3n) is 2.33. The van der Waals surface area contributed by atoms with Gasteiger partial charge in [0.05, 0.1) is 13.0 Å². The van der Waals surface area contributed by atoms with Gasteiger partial charge in [-0.15, -0.1) is 22.7 Å². The van der Waals surface area contributed by atoms with E-state index in [2.05, 4.69) is 26.2 Å². The molecule has 0 radical (unpaired) electrons. The number of carbonyl (C=O) groups excluding carboxylic acids is 1. The fraction of sp³-hybridized carbons (Fsp3) is 0.273. The Morgan fingerprint density at radius 2 is 2.39 bits per heavy atom. The van der Waals surface area contributed by atoms with Crippen molar-refractivity contribution >= 4 is 56.7 Å². The van der Waals surface area contributed by atoms with Crippen molar-refractivity contribution in [2.45, 2.75) is 19.9 Å². The Morgan fingerprint density at radius 3 is 2.94 bits per heavy atom. The van der Waals surface area contributed by atoms with E-state index in [1.54, 1.807) is 11.3 Å². The topological polar surface area (TPSA) is 44.9 Å². The molecule has 2 aromatic heterocycles. The van der Waals surface area contributed by atoms with Gasteiger partial charge in [0, 0.05) is 25.3 Å². The zero-order valence-corrected chi connectivity index (χ0v) is 13.6. The van der Waals surface area contributed by atoms with E-state index in [0.29, 0.717) is 13.0 Å². The Hall–Kier alpha value is -0.500. The predicted octanol–water partition coefficient (Wildman–Crippen LogP) is 3.80. The third-order valence-corrected chi connectivity index (χ3v) is 5.36. The van der Waals surface area contributed by atoms with Crippen molar-refractivity contribution in [3.63, 3.8) is 0 Å². The molecule has 1 amide bonds. The van der Waals surface area contributed by atoms with Crippen LogP contribution in [0, 0.1) is 10.9 Å². The monoisotopic (exact) mass is 362 g/mol. The van der Waals surface area contributed by atoms with Crippen LogP contribution in [-0.4, -0.2) is 10.9 Å². The number of thiophene rings is 1. The maximum atomic E-state index is 11.8. The van der Waals surface area contributed by atoms with Crippen molar-refractivity contribution < 1.29 is 4.79 Å². The first-order valence-electron chi connectivity index (χ1n) is 5.23. The zero-order chi connectivity index (χ0) is 13.1. The number of aromatic nitrogens is 1. The van der Waals surface area contributed by atoms with Crippen LogP contribution in [0.5, 0.6) is 0 Å². The van der Waals surface area contributed by atoms with Crippen LogP contribution < -0.4 is 5.32 Å². The maximum absolute atomic E-state index is 11.8. The number of carbonyl (C=O) groups is 1. The first kappa shape index (κ1) is 13.9. The molecule has 18 heavy (non-hydrogen) atoms. The highest BCUT2D eigenvalue weighted by atomic mass is 79.9. The Labute approximate surface area is 126 Å². The van der Waals surface area contributed by atoms with Gasteiger partial charge in [-0.2, -0.15) is 0 Å². The van der Waals surface area contributed by atoms with Gasteiger partial charge in [-0.05, 0) is 41.1 Å². The van der Waals surface area contributed by atoms with Crippen LogP contribution in [0.4, 0.5) is 0 Å². The van der Waals surface area contributed by atoms with Gasteiger partial charge in [-0.1, -0.05) is 0 Å². The predicted molar refractivity (Wildman–Crippen MR) is 81.8 cm³/mol. The molecule has 0 atom stereocenters. The summed E-state index contributed by atoms with van der Waals surface area (Å²) in [4.78, 5) is 17.0. The molecular weight excluding hydrogens is 352 g/mol. The van der Waals surface area contributed by atoms with Gasteiger partial charge in [-0.25, -0.2) is 0 Å². The number of H-pyrrole nitrogens is 1. The summed E-state index contributed by atoms with van der Waals surface area (Å²) in [5.74, 6) is 0.0212. The Morgan fingerprint density at radius 1 is 1.61 bits per heavy atom. The third kappa shape index (κ3) is 3.74. The fourth-order valence-electron chi connectivity index (χ4n) is 1.45. The molecule has 0 saturated carbocycles. The summed E-state index contributed by atoms with van der Waals surface area (Å²) in [5.41, 5.74) is 0.985. The fourth-order valence-corrected chi connectivity index (χ4v) is 4.13. The van der Waals surface area contributed by atoms with Crippen LogP contribution in [0.15, 0.2) is 15.9 Å². The highest BCUT2D eigenvalue weighted by Crippen LogP contribution is 2.19. The molecule has 2 rings (SSSR count). The van der Waals surface area contributed by atoms with Crippen molar-refractivity contribution in [2.75, 3.05) is 0 Å². The van der Waals surface area contributed by atoms with Crippen molar-refractivity contribution in [1.29, 1.82) is 0 Å². The van der Waals surface area contributed by atoms with Crippen LogP contribution in [0.25, 0.3) is 0 Å². The molecule has 7 heteroatoms. The van der Waals surface area contributed by atoms with E-state index in [4.69, 9.17) is 12.2 Å². The Bertz CT molecular complexity index is 614. The average Bonchev–Trinajstić information content (AvgIpc) is 2.83. The SMILES string of the molecule is Cc1[nH]c(=S)sc1CC(=O)NCc1cc(Br)cs1. The van der Waals surface area contributed by atoms with Crippen LogP contribution in [0.1, 0.15) is 15.4 Å². The van der Waals surface area contributed by atoms with Gasteiger partial charge in [0.25, 0.3) is 0 Å². The number of rotatable bonds is 4. The molecule has 96 valence electrons. The zero-order valence-electron chi connectivity index (χ0n) is 9.58. The van der Waals surface area contributed by atoms with E-state index < -0.39 is 0 Å². The molecule has 2 aromatic rings. The molecule has 0 fully saturated rings. The number of amides is 1. The summed E-state index contributed by atoms with van der Waals surface area (Å²) in [6.45, 7) is 2.51. The Kier molecular flexibility index (Phi) is 4.71. The van der Waals surface area contributed by atoms with Gasteiger partial charge < -0.3 is 10.3 Å². The van der Waals surface area contributed by atoms with Crippen LogP contribution in [0.2, 0.25) is 0 Å². The lowest BCUT2D eigenvalue weighted by Crippen LogP contribution is -2.24. The summed E-state index contributed by atoms with van der Waals surface area (Å²) >= 11 is 11.5. The molecule has 0 aliphatic carbocycles. The van der Waals surface area contributed by atoms with Crippen molar-refractivity contribution in [3.8, 4) is 0 Å². The molecular formula is C11H11BrN2OS3. The molecule has 0 spiro atoms. The van der Waals surface area contributed by atoms with Gasteiger partial charge >= 0.3 is 0 Å². The molecule has 0 bridgehead atoms. The summed E-state index contributed by atoms with van der Waals surface area (Å²) in [7, 11) is 0. The number of hydrogen-bond donors (Lipinski definition) is 2. The molecule has 0 saturated heterocycles. The summed E-state index contributed by atoms with van der Waals surface area (Å²) in [6, 6.07) is 2.01. The first-order chi connectivity index (χ1) is 8.54. The van der Waals surface area contributed by atoms with Crippen LogP contribution in [-0.2, 0) is 17.8 Å². The minimum absolute atomic E-state index is 0.0212. The second kappa shape index (κ2) is 6.10. The Balaban J connectivity index is 1.89. The molecule has 0 aliphatic heterocycles. The van der Waals surface area contributed by atoms with E-state index in [1.807, 2.05) is 18.4 Å². The molecule has 2 N–H and O–H groups in total. The highest BCUT2D eigenvalue weighted by molar-refractivity contribution is 9.10. The lowest BCUT2D eigenvalue weighted by Gasteiger charge is -2.02. The molecule has 3 nitrogen and oxygen atoms in total. The number of nitrogens with one attached hydrogen (secondary N) is 2.